The molecule has 3 aromatic rings. The summed E-state index contributed by atoms with van der Waals surface area (Å²) in [5.74, 6) is 0.526. The van der Waals surface area contributed by atoms with Crippen LogP contribution in [-0.4, -0.2) is 13.1 Å². The van der Waals surface area contributed by atoms with Crippen molar-refractivity contribution in [1.29, 1.82) is 0 Å². The predicted octanol–water partition coefficient (Wildman–Crippen LogP) is 3.89. The molecule has 0 amide bonds. The Bertz CT molecular complexity index is 926. The van der Waals surface area contributed by atoms with Crippen LogP contribution in [0.2, 0.25) is 0 Å². The van der Waals surface area contributed by atoms with E-state index >= 15 is 0 Å². The number of carbonyl (C=O) groups excluding carboxylic acids is 1. The molecule has 0 bridgehead atoms. The van der Waals surface area contributed by atoms with Gasteiger partial charge in [0.15, 0.2) is 31.3 Å². The van der Waals surface area contributed by atoms with Crippen molar-refractivity contribution >= 4 is 5.97 Å². The number of nitrogens with zero attached hydrogens (tertiary/aromatic N) is 2. The fourth-order valence-electron chi connectivity index (χ4n) is 3.94. The summed E-state index contributed by atoms with van der Waals surface area (Å²) in [6.45, 7) is 1.14. The molecule has 0 unspecified atom stereocenters. The van der Waals surface area contributed by atoms with E-state index in [0.717, 1.165) is 18.2 Å². The minimum atomic E-state index is -0.318. The molecule has 0 spiro atoms. The number of carbonyl (C=O) groups is 1. The highest BCUT2D eigenvalue weighted by Crippen LogP contribution is 2.24. The van der Waals surface area contributed by atoms with Gasteiger partial charge in [-0.3, -0.25) is 0 Å². The van der Waals surface area contributed by atoms with Crippen LogP contribution >= 0.6 is 0 Å². The third-order valence-corrected chi connectivity index (χ3v) is 5.58. The Morgan fingerprint density at radius 2 is 1.46 bits per heavy atom. The number of ether oxygens (including phenoxy) is 1. The van der Waals surface area contributed by atoms with Gasteiger partial charge in [-0.1, -0.05) is 12.8 Å². The maximum atomic E-state index is 11.6. The van der Waals surface area contributed by atoms with Gasteiger partial charge in [-0.15, -0.1) is 0 Å². The minimum Gasteiger partial charge on any atom is -0.465 e. The lowest BCUT2D eigenvalue weighted by Gasteiger charge is -2.05. The average molecular weight is 374 g/mol. The van der Waals surface area contributed by atoms with Gasteiger partial charge in [-0.2, -0.15) is 4.57 Å². The molecule has 0 atom stereocenters. The molecular weight excluding hydrogens is 348 g/mol. The third kappa shape index (κ3) is 4.11. The molecule has 1 fully saturated rings. The maximum absolute atomic E-state index is 11.6. The Kier molecular flexibility index (Phi) is 5.47. The summed E-state index contributed by atoms with van der Waals surface area (Å²) in [6, 6.07) is 16.0. The normalized spacial score (nSPS) is 14.2. The van der Waals surface area contributed by atoms with Crippen molar-refractivity contribution in [3.05, 3.63) is 78.9 Å². The second-order valence-electron chi connectivity index (χ2n) is 7.47. The van der Waals surface area contributed by atoms with Crippen molar-refractivity contribution in [1.82, 2.24) is 0 Å². The molecule has 142 valence electrons. The van der Waals surface area contributed by atoms with Gasteiger partial charge in [-0.05, 0) is 36.1 Å². The smallest absolute Gasteiger partial charge is 0.337 e. The molecule has 1 aliphatic carbocycles. The number of esters is 1. The number of hydrogen-bond donors (Lipinski definition) is 0. The van der Waals surface area contributed by atoms with Crippen molar-refractivity contribution < 1.29 is 18.7 Å². The number of benzene rings is 1. The average Bonchev–Trinajstić information content (AvgIpc) is 3.27. The summed E-state index contributed by atoms with van der Waals surface area (Å²) in [6.07, 6.45) is 14.0. The van der Waals surface area contributed by atoms with Crippen molar-refractivity contribution in [2.45, 2.75) is 32.2 Å². The first kappa shape index (κ1) is 18.4. The molecule has 0 saturated heterocycles. The van der Waals surface area contributed by atoms with Crippen LogP contribution in [0.1, 0.15) is 36.0 Å². The molecule has 4 heteroatoms. The molecule has 28 heavy (non-hydrogen) atoms. The van der Waals surface area contributed by atoms with Gasteiger partial charge >= 0.3 is 5.97 Å². The molecule has 0 N–H and O–H groups in total. The highest BCUT2D eigenvalue weighted by molar-refractivity contribution is 5.89. The van der Waals surface area contributed by atoms with Crippen LogP contribution in [0.3, 0.4) is 0 Å². The van der Waals surface area contributed by atoms with E-state index in [1.165, 1.54) is 43.9 Å². The SMILES string of the molecule is COC(=O)c1ccc(-[n+]2ccc(-c3cc[n+](CC4CCCC4)cc3)cc2)cc1. The highest BCUT2D eigenvalue weighted by Gasteiger charge is 2.19. The fraction of sp³-hybridized carbons (Fsp3) is 0.292. The van der Waals surface area contributed by atoms with E-state index in [2.05, 4.69) is 41.2 Å². The van der Waals surface area contributed by atoms with Crippen molar-refractivity contribution in [3.8, 4) is 16.8 Å². The zero-order chi connectivity index (χ0) is 19.3. The van der Waals surface area contributed by atoms with Crippen molar-refractivity contribution in [2.24, 2.45) is 5.92 Å². The maximum Gasteiger partial charge on any atom is 0.337 e. The van der Waals surface area contributed by atoms with Crippen LogP contribution in [0.5, 0.6) is 0 Å². The van der Waals surface area contributed by atoms with Gasteiger partial charge in [0.25, 0.3) is 0 Å². The number of rotatable bonds is 5. The minimum absolute atomic E-state index is 0.318. The molecule has 0 radical (unpaired) electrons. The number of hydrogen-bond acceptors (Lipinski definition) is 2. The standard InChI is InChI=1S/C24H26N2O2/c1-28-24(27)22-6-8-23(9-7-22)26-16-12-21(13-17-26)20-10-14-25(15-11-20)18-19-4-2-3-5-19/h6-17,19H,2-5,18H2,1H3/q+2. The number of pyridine rings is 2. The topological polar surface area (TPSA) is 34.1 Å². The van der Waals surface area contributed by atoms with Gasteiger partial charge in [-0.25, -0.2) is 9.36 Å². The van der Waals surface area contributed by atoms with Crippen molar-refractivity contribution in [2.75, 3.05) is 7.11 Å². The highest BCUT2D eigenvalue weighted by atomic mass is 16.5. The van der Waals surface area contributed by atoms with Gasteiger partial charge in [0, 0.05) is 42.3 Å². The molecule has 1 saturated carbocycles. The van der Waals surface area contributed by atoms with Crippen LogP contribution in [0.25, 0.3) is 16.8 Å². The summed E-state index contributed by atoms with van der Waals surface area (Å²) >= 11 is 0. The molecule has 1 aromatic carbocycles. The van der Waals surface area contributed by atoms with Crippen LogP contribution < -0.4 is 9.13 Å². The molecular formula is C24H26N2O2+2. The monoisotopic (exact) mass is 374 g/mol. The molecule has 2 aromatic heterocycles. The van der Waals surface area contributed by atoms with Crippen LogP contribution in [-0.2, 0) is 11.3 Å². The van der Waals surface area contributed by atoms with E-state index in [9.17, 15) is 4.79 Å². The van der Waals surface area contributed by atoms with Crippen LogP contribution in [0.15, 0.2) is 73.3 Å². The lowest BCUT2D eigenvalue weighted by molar-refractivity contribution is -0.703. The molecule has 4 nitrogen and oxygen atoms in total. The summed E-state index contributed by atoms with van der Waals surface area (Å²) < 4.78 is 9.09. The van der Waals surface area contributed by atoms with Gasteiger partial charge in [0.1, 0.15) is 0 Å². The quantitative estimate of drug-likeness (QED) is 0.501. The Morgan fingerprint density at radius 3 is 2.04 bits per heavy atom. The van der Waals surface area contributed by atoms with Crippen LogP contribution in [0, 0.1) is 5.92 Å². The summed E-state index contributed by atoms with van der Waals surface area (Å²) in [5, 5.41) is 0. The van der Waals surface area contributed by atoms with Crippen molar-refractivity contribution in [3.63, 3.8) is 0 Å². The van der Waals surface area contributed by atoms with Gasteiger partial charge in [0.05, 0.1) is 12.7 Å². The zero-order valence-electron chi connectivity index (χ0n) is 16.3. The largest absolute Gasteiger partial charge is 0.465 e. The van der Waals surface area contributed by atoms with E-state index in [0.29, 0.717) is 5.56 Å². The Balaban J connectivity index is 1.46. The van der Waals surface area contributed by atoms with E-state index < -0.39 is 0 Å². The van der Waals surface area contributed by atoms with Gasteiger partial charge in [0.2, 0.25) is 5.69 Å². The lowest BCUT2D eigenvalue weighted by atomic mass is 10.1. The second-order valence-corrected chi connectivity index (χ2v) is 7.47. The Labute approximate surface area is 166 Å². The molecule has 4 rings (SSSR count). The summed E-state index contributed by atoms with van der Waals surface area (Å²) in [5.41, 5.74) is 3.96. The number of aromatic nitrogens is 2. The Hall–Kier alpha value is -3.01. The molecule has 1 aliphatic rings. The first-order chi connectivity index (χ1) is 13.7. The fourth-order valence-corrected chi connectivity index (χ4v) is 3.94. The van der Waals surface area contributed by atoms with Crippen LogP contribution in [0.4, 0.5) is 0 Å². The van der Waals surface area contributed by atoms with E-state index in [1.807, 2.05) is 29.1 Å². The first-order valence-electron chi connectivity index (χ1n) is 9.92. The lowest BCUT2D eigenvalue weighted by Crippen LogP contribution is -2.35. The van der Waals surface area contributed by atoms with E-state index in [1.54, 1.807) is 12.1 Å². The first-order valence-corrected chi connectivity index (χ1v) is 9.92. The summed E-state index contributed by atoms with van der Waals surface area (Å²) in [7, 11) is 1.39. The zero-order valence-corrected chi connectivity index (χ0v) is 16.3. The van der Waals surface area contributed by atoms with E-state index in [4.69, 9.17) is 4.74 Å². The second kappa shape index (κ2) is 8.34. The number of methoxy groups -OCH3 is 1. The predicted molar refractivity (Wildman–Crippen MR) is 107 cm³/mol. The molecule has 0 aliphatic heterocycles. The Morgan fingerprint density at radius 1 is 0.893 bits per heavy atom. The van der Waals surface area contributed by atoms with Gasteiger partial charge < -0.3 is 4.74 Å². The summed E-state index contributed by atoms with van der Waals surface area (Å²) in [4.78, 5) is 11.6. The molecule has 2 heterocycles. The van der Waals surface area contributed by atoms with E-state index in [-0.39, 0.29) is 5.97 Å². The third-order valence-electron chi connectivity index (χ3n) is 5.58.